The summed E-state index contributed by atoms with van der Waals surface area (Å²) < 4.78 is 0. The van der Waals surface area contributed by atoms with Gasteiger partial charge in [0.1, 0.15) is 0 Å². The summed E-state index contributed by atoms with van der Waals surface area (Å²) in [6, 6.07) is 21.3. The third-order valence-corrected chi connectivity index (χ3v) is 4.66. The molecule has 1 aromatic heterocycles. The summed E-state index contributed by atoms with van der Waals surface area (Å²) in [4.78, 5) is 16.4. The largest absolute Gasteiger partial charge is 0.387 e. The van der Waals surface area contributed by atoms with Crippen molar-refractivity contribution >= 4 is 11.6 Å². The van der Waals surface area contributed by atoms with Crippen LogP contribution >= 0.6 is 0 Å². The highest BCUT2D eigenvalue weighted by Gasteiger charge is 2.07. The number of nitrogens with zero attached hydrogens (tertiary/aromatic N) is 1. The van der Waals surface area contributed by atoms with E-state index in [1.165, 1.54) is 5.56 Å². The molecule has 5 heteroatoms. The van der Waals surface area contributed by atoms with Crippen molar-refractivity contribution in [3.05, 3.63) is 95.3 Å². The van der Waals surface area contributed by atoms with E-state index < -0.39 is 6.10 Å². The molecule has 1 atom stereocenters. The lowest BCUT2D eigenvalue weighted by molar-refractivity contribution is -0.115. The fourth-order valence-electron chi connectivity index (χ4n) is 3.08. The highest BCUT2D eigenvalue weighted by atomic mass is 16.3. The Hall–Kier alpha value is -3.02. The molecule has 0 bridgehead atoms. The maximum absolute atomic E-state index is 12.2. The minimum Gasteiger partial charge on any atom is -0.387 e. The molecule has 3 N–H and O–H groups in total. The Labute approximate surface area is 171 Å². The van der Waals surface area contributed by atoms with Gasteiger partial charge in [0.15, 0.2) is 0 Å². The Morgan fingerprint density at radius 1 is 1.07 bits per heavy atom. The number of hydrogen-bond donors (Lipinski definition) is 3. The summed E-state index contributed by atoms with van der Waals surface area (Å²) in [5.74, 6) is -0.0765. The topological polar surface area (TPSA) is 74.2 Å². The fourth-order valence-corrected chi connectivity index (χ4v) is 3.08. The van der Waals surface area contributed by atoms with Crippen LogP contribution in [0.2, 0.25) is 0 Å². The average Bonchev–Trinajstić information content (AvgIpc) is 2.73. The number of carbonyl (C=O) groups is 1. The third kappa shape index (κ3) is 6.82. The smallest absolute Gasteiger partial charge is 0.230 e. The van der Waals surface area contributed by atoms with E-state index in [1.54, 1.807) is 6.20 Å². The molecule has 5 nitrogen and oxygen atoms in total. The first kappa shape index (κ1) is 20.7. The second-order valence-corrected chi connectivity index (χ2v) is 7.13. The van der Waals surface area contributed by atoms with Gasteiger partial charge < -0.3 is 15.7 Å². The van der Waals surface area contributed by atoms with Crippen LogP contribution in [0.25, 0.3) is 0 Å². The molecule has 0 saturated heterocycles. The molecule has 0 aliphatic rings. The number of aryl methyl sites for hydroxylation is 1. The molecule has 2 aromatic carbocycles. The summed E-state index contributed by atoms with van der Waals surface area (Å²) in [7, 11) is 0. The van der Waals surface area contributed by atoms with E-state index in [9.17, 15) is 9.90 Å². The number of rotatable bonds is 9. The molecule has 0 fully saturated rings. The molecule has 29 heavy (non-hydrogen) atoms. The minimum atomic E-state index is -0.503. The fraction of sp³-hybridized carbons (Fsp3) is 0.250. The van der Waals surface area contributed by atoms with Gasteiger partial charge in [-0.25, -0.2) is 0 Å². The molecule has 150 valence electrons. The van der Waals surface area contributed by atoms with E-state index in [0.29, 0.717) is 6.54 Å². The van der Waals surface area contributed by atoms with Gasteiger partial charge in [0.2, 0.25) is 5.91 Å². The van der Waals surface area contributed by atoms with Crippen LogP contribution in [0.3, 0.4) is 0 Å². The van der Waals surface area contributed by atoms with Crippen molar-refractivity contribution in [2.75, 3.05) is 18.4 Å². The number of aromatic nitrogens is 1. The van der Waals surface area contributed by atoms with Crippen molar-refractivity contribution in [1.82, 2.24) is 10.3 Å². The molecule has 1 heterocycles. The van der Waals surface area contributed by atoms with Gasteiger partial charge in [-0.05, 0) is 60.8 Å². The maximum atomic E-state index is 12.2. The van der Waals surface area contributed by atoms with Crippen LogP contribution in [0.5, 0.6) is 0 Å². The lowest BCUT2D eigenvalue weighted by Gasteiger charge is -2.12. The zero-order valence-electron chi connectivity index (χ0n) is 16.6. The van der Waals surface area contributed by atoms with Crippen molar-refractivity contribution in [2.45, 2.75) is 25.9 Å². The normalized spacial score (nSPS) is 11.8. The molecule has 3 aromatic rings. The molecule has 1 amide bonds. The van der Waals surface area contributed by atoms with Crippen LogP contribution in [0.1, 0.15) is 28.5 Å². The van der Waals surface area contributed by atoms with Crippen molar-refractivity contribution < 1.29 is 9.90 Å². The Bertz CT molecular complexity index is 911. The van der Waals surface area contributed by atoms with Crippen molar-refractivity contribution in [1.29, 1.82) is 0 Å². The lowest BCUT2D eigenvalue weighted by atomic mass is 10.1. The Kier molecular flexibility index (Phi) is 7.50. The molecule has 0 spiro atoms. The first-order chi connectivity index (χ1) is 14.1. The number of aliphatic hydroxyl groups excluding tert-OH is 1. The van der Waals surface area contributed by atoms with Gasteiger partial charge in [0.05, 0.1) is 12.5 Å². The summed E-state index contributed by atoms with van der Waals surface area (Å²) in [6.07, 6.45) is 2.33. The van der Waals surface area contributed by atoms with Crippen LogP contribution in [0.15, 0.2) is 72.9 Å². The van der Waals surface area contributed by atoms with Gasteiger partial charge in [-0.1, -0.05) is 42.5 Å². The Morgan fingerprint density at radius 2 is 1.83 bits per heavy atom. The SMILES string of the molecule is Cc1ccnc(CC(=O)Nc2ccc(CCNC[C@H](O)c3ccccc3)cc2)c1. The van der Waals surface area contributed by atoms with Crippen LogP contribution < -0.4 is 10.6 Å². The van der Waals surface area contributed by atoms with Gasteiger partial charge in [0.25, 0.3) is 0 Å². The third-order valence-electron chi connectivity index (χ3n) is 4.66. The van der Waals surface area contributed by atoms with Gasteiger partial charge in [-0.15, -0.1) is 0 Å². The molecule has 0 aliphatic heterocycles. The number of aliphatic hydroxyl groups is 1. The highest BCUT2D eigenvalue weighted by Crippen LogP contribution is 2.12. The summed E-state index contributed by atoms with van der Waals surface area (Å²) in [6.45, 7) is 3.28. The number of amides is 1. The predicted molar refractivity (Wildman–Crippen MR) is 116 cm³/mol. The quantitative estimate of drug-likeness (QED) is 0.490. The monoisotopic (exact) mass is 389 g/mol. The number of anilines is 1. The Balaban J connectivity index is 1.40. The van der Waals surface area contributed by atoms with Crippen molar-refractivity contribution in [3.63, 3.8) is 0 Å². The molecule has 0 saturated carbocycles. The second-order valence-electron chi connectivity index (χ2n) is 7.13. The van der Waals surface area contributed by atoms with E-state index in [2.05, 4.69) is 15.6 Å². The van der Waals surface area contributed by atoms with Gasteiger partial charge in [-0.2, -0.15) is 0 Å². The minimum absolute atomic E-state index is 0.0765. The highest BCUT2D eigenvalue weighted by molar-refractivity contribution is 5.92. The van der Waals surface area contributed by atoms with E-state index in [0.717, 1.165) is 35.5 Å². The van der Waals surface area contributed by atoms with Crippen LogP contribution in [-0.2, 0) is 17.6 Å². The molecule has 0 unspecified atom stereocenters. The first-order valence-corrected chi connectivity index (χ1v) is 9.84. The number of hydrogen-bond acceptors (Lipinski definition) is 4. The van der Waals surface area contributed by atoms with E-state index in [4.69, 9.17) is 0 Å². The van der Waals surface area contributed by atoms with Gasteiger partial charge in [-0.3, -0.25) is 9.78 Å². The van der Waals surface area contributed by atoms with Crippen molar-refractivity contribution in [2.24, 2.45) is 0 Å². The van der Waals surface area contributed by atoms with Crippen LogP contribution in [-0.4, -0.2) is 29.1 Å². The number of pyridine rings is 1. The second kappa shape index (κ2) is 10.5. The average molecular weight is 389 g/mol. The predicted octanol–water partition coefficient (Wildman–Crippen LogP) is 3.44. The first-order valence-electron chi connectivity index (χ1n) is 9.84. The van der Waals surface area contributed by atoms with Gasteiger partial charge in [0, 0.05) is 24.1 Å². The van der Waals surface area contributed by atoms with Crippen LogP contribution in [0.4, 0.5) is 5.69 Å². The van der Waals surface area contributed by atoms with Crippen molar-refractivity contribution in [3.8, 4) is 0 Å². The molecule has 3 rings (SSSR count). The number of benzene rings is 2. The Morgan fingerprint density at radius 3 is 2.55 bits per heavy atom. The summed E-state index contributed by atoms with van der Waals surface area (Å²) in [5.41, 5.74) is 4.73. The van der Waals surface area contributed by atoms with Gasteiger partial charge >= 0.3 is 0 Å². The zero-order chi connectivity index (χ0) is 20.5. The molecule has 0 radical (unpaired) electrons. The standard InChI is InChI=1S/C24H27N3O2/c1-18-11-14-26-22(15-18)16-24(29)27-21-9-7-19(8-10-21)12-13-25-17-23(28)20-5-3-2-4-6-20/h2-11,14-15,23,25,28H,12-13,16-17H2,1H3,(H,27,29)/t23-/m0/s1. The summed E-state index contributed by atoms with van der Waals surface area (Å²) in [5, 5.41) is 16.3. The van der Waals surface area contributed by atoms with Crippen LogP contribution in [0, 0.1) is 6.92 Å². The molecule has 0 aliphatic carbocycles. The molecular formula is C24H27N3O2. The van der Waals surface area contributed by atoms with E-state index in [1.807, 2.05) is 73.7 Å². The number of nitrogens with one attached hydrogen (secondary N) is 2. The zero-order valence-corrected chi connectivity index (χ0v) is 16.6. The summed E-state index contributed by atoms with van der Waals surface area (Å²) >= 11 is 0. The molecular weight excluding hydrogens is 362 g/mol. The number of carbonyl (C=O) groups excluding carboxylic acids is 1. The van der Waals surface area contributed by atoms with E-state index in [-0.39, 0.29) is 12.3 Å². The van der Waals surface area contributed by atoms with E-state index >= 15 is 0 Å². The maximum Gasteiger partial charge on any atom is 0.230 e. The lowest BCUT2D eigenvalue weighted by Crippen LogP contribution is -2.23.